The molecule has 0 spiro atoms. The quantitative estimate of drug-likeness (QED) is 0.109. The topological polar surface area (TPSA) is 58.9 Å². The Labute approximate surface area is 247 Å². The first-order chi connectivity index (χ1) is 20.8. The summed E-state index contributed by atoms with van der Waals surface area (Å²) in [6.07, 6.45) is -1.65. The molecule has 0 saturated carbocycles. The van der Waals surface area contributed by atoms with Crippen molar-refractivity contribution in [1.82, 2.24) is 4.57 Å². The molecule has 0 amide bonds. The van der Waals surface area contributed by atoms with Gasteiger partial charge in [-0.05, 0) is 65.7 Å². The standard InChI is InChI=1S/C34H30F3NO5/c1-40-33(39)19-25-23-38(22-24-7-3-2-4-8-24)32-16-15-29(21-31(25)32)42-18-6-17-41-28-9-5-10-30(20-28)43-27-13-11-26(12-14-27)34(35,36)37/h2-5,7-16,20-21,23H,6,17-19,22H2,1H3. The summed E-state index contributed by atoms with van der Waals surface area (Å²) in [5.74, 6) is 1.68. The summed E-state index contributed by atoms with van der Waals surface area (Å²) >= 11 is 0. The molecule has 1 heterocycles. The largest absolute Gasteiger partial charge is 0.493 e. The van der Waals surface area contributed by atoms with Gasteiger partial charge in [0.2, 0.25) is 0 Å². The molecule has 0 aliphatic rings. The lowest BCUT2D eigenvalue weighted by atomic mass is 10.1. The van der Waals surface area contributed by atoms with Crippen molar-refractivity contribution < 1.29 is 36.9 Å². The molecule has 0 fully saturated rings. The number of carbonyl (C=O) groups is 1. The third-order valence-electron chi connectivity index (χ3n) is 6.74. The van der Waals surface area contributed by atoms with Crippen LogP contribution in [0.15, 0.2) is 103 Å². The average molecular weight is 590 g/mol. The van der Waals surface area contributed by atoms with E-state index in [1.54, 1.807) is 24.3 Å². The van der Waals surface area contributed by atoms with Crippen LogP contribution < -0.4 is 14.2 Å². The number of aromatic nitrogens is 1. The zero-order valence-corrected chi connectivity index (χ0v) is 23.5. The minimum Gasteiger partial charge on any atom is -0.493 e. The Hall–Kier alpha value is -4.92. The predicted octanol–water partition coefficient (Wildman–Crippen LogP) is 8.06. The molecule has 5 rings (SSSR count). The number of fused-ring (bicyclic) bond motifs is 1. The van der Waals surface area contributed by atoms with Crippen LogP contribution in [0.1, 0.15) is 23.1 Å². The van der Waals surface area contributed by atoms with Gasteiger partial charge >= 0.3 is 12.1 Å². The van der Waals surface area contributed by atoms with Crippen LogP contribution in [0.5, 0.6) is 23.0 Å². The second kappa shape index (κ2) is 13.4. The molecule has 0 aliphatic heterocycles. The van der Waals surface area contributed by atoms with Gasteiger partial charge in [-0.2, -0.15) is 13.2 Å². The molecule has 222 valence electrons. The second-order valence-corrected chi connectivity index (χ2v) is 9.85. The van der Waals surface area contributed by atoms with E-state index in [2.05, 4.69) is 16.7 Å². The highest BCUT2D eigenvalue weighted by Crippen LogP contribution is 2.32. The lowest BCUT2D eigenvalue weighted by Gasteiger charge is -2.11. The minimum atomic E-state index is -4.40. The molecule has 0 aliphatic carbocycles. The van der Waals surface area contributed by atoms with Crippen molar-refractivity contribution in [3.63, 3.8) is 0 Å². The van der Waals surface area contributed by atoms with Crippen molar-refractivity contribution in [2.24, 2.45) is 0 Å². The highest BCUT2D eigenvalue weighted by Gasteiger charge is 2.30. The van der Waals surface area contributed by atoms with E-state index in [0.717, 1.165) is 34.2 Å². The minimum absolute atomic E-state index is 0.160. The van der Waals surface area contributed by atoms with E-state index < -0.39 is 11.7 Å². The van der Waals surface area contributed by atoms with E-state index in [9.17, 15) is 18.0 Å². The Bertz CT molecular complexity index is 1660. The first-order valence-corrected chi connectivity index (χ1v) is 13.7. The van der Waals surface area contributed by atoms with Crippen LogP contribution in [0.3, 0.4) is 0 Å². The number of carbonyl (C=O) groups excluding carboxylic acids is 1. The van der Waals surface area contributed by atoms with Gasteiger partial charge in [-0.15, -0.1) is 0 Å². The maximum atomic E-state index is 12.8. The Balaban J connectivity index is 1.16. The van der Waals surface area contributed by atoms with E-state index in [1.807, 2.05) is 42.6 Å². The van der Waals surface area contributed by atoms with Crippen molar-refractivity contribution in [3.8, 4) is 23.0 Å². The Morgan fingerprint density at radius 1 is 0.767 bits per heavy atom. The molecule has 1 aromatic heterocycles. The van der Waals surface area contributed by atoms with Gasteiger partial charge in [0.05, 0.1) is 32.3 Å². The number of hydrogen-bond acceptors (Lipinski definition) is 5. The van der Waals surface area contributed by atoms with E-state index in [1.165, 1.54) is 19.2 Å². The number of benzene rings is 4. The molecule has 0 saturated heterocycles. The SMILES string of the molecule is COC(=O)Cc1cn(Cc2ccccc2)c2ccc(OCCCOc3cccc(Oc4ccc(C(F)(F)F)cc4)c3)cc12. The Morgan fingerprint density at radius 2 is 1.44 bits per heavy atom. The lowest BCUT2D eigenvalue weighted by molar-refractivity contribution is -0.140. The molecule has 0 atom stereocenters. The van der Waals surface area contributed by atoms with Crippen LogP contribution in [0.2, 0.25) is 0 Å². The number of methoxy groups -OCH3 is 1. The smallest absolute Gasteiger partial charge is 0.416 e. The van der Waals surface area contributed by atoms with Crippen molar-refractivity contribution in [3.05, 3.63) is 120 Å². The predicted molar refractivity (Wildman–Crippen MR) is 157 cm³/mol. The van der Waals surface area contributed by atoms with Gasteiger partial charge in [0.25, 0.3) is 0 Å². The summed E-state index contributed by atoms with van der Waals surface area (Å²) in [6.45, 7) is 1.46. The molecular formula is C34H30F3NO5. The van der Waals surface area contributed by atoms with Crippen LogP contribution in [0.25, 0.3) is 10.9 Å². The Kier molecular flexibility index (Phi) is 9.20. The van der Waals surface area contributed by atoms with Gasteiger partial charge in [0.1, 0.15) is 23.0 Å². The number of halogens is 3. The van der Waals surface area contributed by atoms with E-state index in [-0.39, 0.29) is 12.4 Å². The molecular weight excluding hydrogens is 559 g/mol. The van der Waals surface area contributed by atoms with Gasteiger partial charge in [-0.25, -0.2) is 0 Å². The first-order valence-electron chi connectivity index (χ1n) is 13.7. The monoisotopic (exact) mass is 589 g/mol. The van der Waals surface area contributed by atoms with Crippen LogP contribution >= 0.6 is 0 Å². The van der Waals surface area contributed by atoms with E-state index in [0.29, 0.717) is 49.2 Å². The number of hydrogen-bond donors (Lipinski definition) is 0. The summed E-state index contributed by atoms with van der Waals surface area (Å²) < 4.78 is 62.9. The van der Waals surface area contributed by atoms with Crippen LogP contribution in [0.4, 0.5) is 13.2 Å². The molecule has 0 unspecified atom stereocenters. The van der Waals surface area contributed by atoms with Gasteiger partial charge in [-0.1, -0.05) is 36.4 Å². The fourth-order valence-electron chi connectivity index (χ4n) is 4.63. The average Bonchev–Trinajstić information content (AvgIpc) is 3.33. The summed E-state index contributed by atoms with van der Waals surface area (Å²) in [7, 11) is 1.38. The maximum absolute atomic E-state index is 12.8. The number of ether oxygens (including phenoxy) is 4. The molecule has 9 heteroatoms. The molecule has 43 heavy (non-hydrogen) atoms. The zero-order valence-electron chi connectivity index (χ0n) is 23.5. The number of alkyl halides is 3. The highest BCUT2D eigenvalue weighted by molar-refractivity contribution is 5.89. The van der Waals surface area contributed by atoms with Crippen LogP contribution in [0, 0.1) is 0 Å². The van der Waals surface area contributed by atoms with Gasteiger partial charge in [0.15, 0.2) is 0 Å². The third kappa shape index (κ3) is 7.88. The summed E-state index contributed by atoms with van der Waals surface area (Å²) in [5.41, 5.74) is 2.28. The maximum Gasteiger partial charge on any atom is 0.416 e. The molecule has 0 bridgehead atoms. The summed E-state index contributed by atoms with van der Waals surface area (Å²) in [6, 6.07) is 27.4. The van der Waals surface area contributed by atoms with E-state index in [4.69, 9.17) is 18.9 Å². The molecule has 6 nitrogen and oxygen atoms in total. The van der Waals surface area contributed by atoms with Crippen molar-refractivity contribution in [2.45, 2.75) is 25.6 Å². The summed E-state index contributed by atoms with van der Waals surface area (Å²) in [4.78, 5) is 12.1. The normalized spacial score (nSPS) is 11.3. The Morgan fingerprint density at radius 3 is 2.14 bits per heavy atom. The van der Waals surface area contributed by atoms with Crippen LogP contribution in [-0.2, 0) is 28.7 Å². The number of nitrogens with zero attached hydrogens (tertiary/aromatic N) is 1. The number of rotatable bonds is 12. The van der Waals surface area contributed by atoms with Crippen molar-refractivity contribution in [1.29, 1.82) is 0 Å². The molecule has 0 N–H and O–H groups in total. The van der Waals surface area contributed by atoms with Gasteiger partial charge in [-0.3, -0.25) is 4.79 Å². The fraction of sp³-hybridized carbons (Fsp3) is 0.206. The summed E-state index contributed by atoms with van der Waals surface area (Å²) in [5, 5.41) is 0.931. The van der Waals surface area contributed by atoms with Gasteiger partial charge in [0, 0.05) is 36.1 Å². The third-order valence-corrected chi connectivity index (χ3v) is 6.74. The van der Waals surface area contributed by atoms with E-state index >= 15 is 0 Å². The highest BCUT2D eigenvalue weighted by atomic mass is 19.4. The second-order valence-electron chi connectivity index (χ2n) is 9.85. The van der Waals surface area contributed by atoms with Crippen molar-refractivity contribution in [2.75, 3.05) is 20.3 Å². The van der Waals surface area contributed by atoms with Gasteiger partial charge < -0.3 is 23.5 Å². The number of esters is 1. The zero-order chi connectivity index (χ0) is 30.2. The lowest BCUT2D eigenvalue weighted by Crippen LogP contribution is -2.05. The van der Waals surface area contributed by atoms with Crippen LogP contribution in [-0.4, -0.2) is 30.9 Å². The molecule has 0 radical (unpaired) electrons. The molecule has 5 aromatic rings. The van der Waals surface area contributed by atoms with Crippen molar-refractivity contribution >= 4 is 16.9 Å². The first kappa shape index (κ1) is 29.6. The molecule has 4 aromatic carbocycles. The fourth-order valence-corrected chi connectivity index (χ4v) is 4.63.